The summed E-state index contributed by atoms with van der Waals surface area (Å²) in [4.78, 5) is 25.3. The van der Waals surface area contributed by atoms with E-state index in [1.165, 1.54) is 32.1 Å². The van der Waals surface area contributed by atoms with Crippen molar-refractivity contribution in [1.29, 1.82) is 0 Å². The van der Waals surface area contributed by atoms with E-state index in [2.05, 4.69) is 22.5 Å². The third-order valence-corrected chi connectivity index (χ3v) is 4.84. The molecule has 1 heterocycles. The molecule has 5 nitrogen and oxygen atoms in total. The Morgan fingerprint density at radius 2 is 1.96 bits per heavy atom. The number of carbonyl (C=O) groups is 2. The average molecular weight is 339 g/mol. The summed E-state index contributed by atoms with van der Waals surface area (Å²) in [6.07, 6.45) is 6.82. The van der Waals surface area contributed by atoms with Crippen molar-refractivity contribution in [3.05, 3.63) is 29.8 Å². The highest BCUT2D eigenvalue weighted by molar-refractivity contribution is 5.94. The van der Waals surface area contributed by atoms with E-state index in [-0.39, 0.29) is 11.9 Å². The van der Waals surface area contributed by atoms with Crippen LogP contribution >= 0.6 is 0 Å². The number of benzene rings is 1. The molecule has 3 rings (SSSR count). The van der Waals surface area contributed by atoms with Crippen molar-refractivity contribution in [2.45, 2.75) is 38.5 Å². The molecule has 0 unspecified atom stereocenters. The van der Waals surface area contributed by atoms with Gasteiger partial charge in [-0.2, -0.15) is 0 Å². The Labute approximate surface area is 149 Å². The third kappa shape index (κ3) is 4.99. The van der Waals surface area contributed by atoms with Crippen molar-refractivity contribution in [1.82, 2.24) is 10.6 Å². The summed E-state index contributed by atoms with van der Waals surface area (Å²) in [5.74, 6) is 6.70. The Kier molecular flexibility index (Phi) is 5.95. The minimum absolute atomic E-state index is 0.0560. The molecule has 2 N–H and O–H groups in total. The number of hydrogen-bond acceptors (Lipinski definition) is 2. The summed E-state index contributed by atoms with van der Waals surface area (Å²) in [7, 11) is 0. The number of amides is 3. The van der Waals surface area contributed by atoms with Gasteiger partial charge in [0.05, 0.1) is 6.54 Å². The van der Waals surface area contributed by atoms with Crippen molar-refractivity contribution in [2.75, 3.05) is 24.5 Å². The Hall–Kier alpha value is -2.48. The fraction of sp³-hybridized carbons (Fsp3) is 0.500. The van der Waals surface area contributed by atoms with Crippen LogP contribution in [0, 0.1) is 17.8 Å². The van der Waals surface area contributed by atoms with Crippen molar-refractivity contribution in [3.63, 3.8) is 0 Å². The summed E-state index contributed by atoms with van der Waals surface area (Å²) in [6, 6.07) is 7.54. The maximum absolute atomic E-state index is 11.9. The van der Waals surface area contributed by atoms with Crippen molar-refractivity contribution >= 4 is 17.6 Å². The van der Waals surface area contributed by atoms with E-state index < -0.39 is 0 Å². The molecular weight excluding hydrogens is 314 g/mol. The Morgan fingerprint density at radius 3 is 2.64 bits per heavy atom. The van der Waals surface area contributed by atoms with E-state index in [9.17, 15) is 9.59 Å². The van der Waals surface area contributed by atoms with E-state index in [4.69, 9.17) is 0 Å². The van der Waals surface area contributed by atoms with Crippen LogP contribution in [0.2, 0.25) is 0 Å². The molecule has 3 amide bonds. The van der Waals surface area contributed by atoms with Gasteiger partial charge < -0.3 is 10.6 Å². The van der Waals surface area contributed by atoms with Crippen LogP contribution in [0.3, 0.4) is 0 Å². The van der Waals surface area contributed by atoms with Crippen molar-refractivity contribution in [2.24, 2.45) is 5.92 Å². The second-order valence-corrected chi connectivity index (χ2v) is 6.72. The van der Waals surface area contributed by atoms with E-state index in [1.807, 2.05) is 24.3 Å². The normalized spacial score (nSPS) is 17.6. The molecule has 2 aliphatic rings. The standard InChI is InChI=1S/C20H25N3O2/c24-19(15-17-5-2-1-3-6-17)21-12-4-7-16-8-10-18(11-9-16)23-14-13-22-20(23)25/h8-11,17H,1-3,5-6,12-15H2,(H,21,24)(H,22,25). The summed E-state index contributed by atoms with van der Waals surface area (Å²) in [6.45, 7) is 1.75. The van der Waals surface area contributed by atoms with Crippen LogP contribution in [0.1, 0.15) is 44.1 Å². The molecule has 0 radical (unpaired) electrons. The van der Waals surface area contributed by atoms with E-state index in [1.54, 1.807) is 4.90 Å². The smallest absolute Gasteiger partial charge is 0.321 e. The predicted octanol–water partition coefficient (Wildman–Crippen LogP) is 2.65. The fourth-order valence-electron chi connectivity index (χ4n) is 3.46. The molecule has 1 aliphatic heterocycles. The summed E-state index contributed by atoms with van der Waals surface area (Å²) in [5, 5.41) is 5.67. The predicted molar refractivity (Wildman–Crippen MR) is 98.3 cm³/mol. The highest BCUT2D eigenvalue weighted by Crippen LogP contribution is 2.25. The Bertz CT molecular complexity index is 666. The first-order chi connectivity index (χ1) is 12.2. The summed E-state index contributed by atoms with van der Waals surface area (Å²) in [5.41, 5.74) is 1.76. The quantitative estimate of drug-likeness (QED) is 0.829. The van der Waals surface area contributed by atoms with E-state index >= 15 is 0 Å². The lowest BCUT2D eigenvalue weighted by molar-refractivity contribution is -0.122. The molecule has 5 heteroatoms. The highest BCUT2D eigenvalue weighted by atomic mass is 16.2. The molecular formula is C20H25N3O2. The van der Waals surface area contributed by atoms with Gasteiger partial charge >= 0.3 is 6.03 Å². The van der Waals surface area contributed by atoms with Crippen LogP contribution < -0.4 is 15.5 Å². The van der Waals surface area contributed by atoms with Crippen LogP contribution in [0.4, 0.5) is 10.5 Å². The molecule has 2 fully saturated rings. The zero-order chi connectivity index (χ0) is 17.5. The number of hydrogen-bond donors (Lipinski definition) is 2. The number of nitrogens with one attached hydrogen (secondary N) is 2. The molecule has 1 saturated heterocycles. The topological polar surface area (TPSA) is 61.4 Å². The van der Waals surface area contributed by atoms with E-state index in [0.717, 1.165) is 11.3 Å². The number of rotatable bonds is 4. The van der Waals surface area contributed by atoms with Crippen LogP contribution in [-0.4, -0.2) is 31.6 Å². The number of nitrogens with zero attached hydrogens (tertiary/aromatic N) is 1. The first-order valence-corrected chi connectivity index (χ1v) is 9.13. The van der Waals surface area contributed by atoms with Crippen molar-refractivity contribution < 1.29 is 9.59 Å². The molecule has 25 heavy (non-hydrogen) atoms. The molecule has 1 aromatic carbocycles. The number of urea groups is 1. The Morgan fingerprint density at radius 1 is 1.20 bits per heavy atom. The largest absolute Gasteiger partial charge is 0.345 e. The second kappa shape index (κ2) is 8.57. The van der Waals surface area contributed by atoms with Crippen LogP contribution in [0.5, 0.6) is 0 Å². The molecule has 0 atom stereocenters. The molecule has 0 bridgehead atoms. The van der Waals surface area contributed by atoms with Gasteiger partial charge in [-0.05, 0) is 43.0 Å². The first kappa shape index (κ1) is 17.3. The Balaban J connectivity index is 1.43. The second-order valence-electron chi connectivity index (χ2n) is 6.72. The molecule has 1 saturated carbocycles. The molecule has 1 aliphatic carbocycles. The minimum atomic E-state index is -0.0560. The minimum Gasteiger partial charge on any atom is -0.345 e. The monoisotopic (exact) mass is 339 g/mol. The first-order valence-electron chi connectivity index (χ1n) is 9.13. The van der Waals surface area contributed by atoms with E-state index in [0.29, 0.717) is 32.0 Å². The maximum Gasteiger partial charge on any atom is 0.321 e. The third-order valence-electron chi connectivity index (χ3n) is 4.84. The van der Waals surface area contributed by atoms with Gasteiger partial charge in [0.2, 0.25) is 5.91 Å². The molecule has 0 spiro atoms. The van der Waals surface area contributed by atoms with Crippen LogP contribution in [-0.2, 0) is 4.79 Å². The van der Waals surface area contributed by atoms with Gasteiger partial charge in [0, 0.05) is 30.8 Å². The van der Waals surface area contributed by atoms with Gasteiger partial charge in [-0.1, -0.05) is 31.1 Å². The lowest BCUT2D eigenvalue weighted by Gasteiger charge is -2.20. The summed E-state index contributed by atoms with van der Waals surface area (Å²) < 4.78 is 0. The van der Waals surface area contributed by atoms with Gasteiger partial charge in [0.1, 0.15) is 0 Å². The zero-order valence-electron chi connectivity index (χ0n) is 14.5. The maximum atomic E-state index is 11.9. The lowest BCUT2D eigenvalue weighted by atomic mass is 9.87. The molecule has 0 aromatic heterocycles. The molecule has 132 valence electrons. The van der Waals surface area contributed by atoms with Gasteiger partial charge in [-0.25, -0.2) is 4.79 Å². The van der Waals surface area contributed by atoms with Crippen LogP contribution in [0.15, 0.2) is 24.3 Å². The average Bonchev–Trinajstić information content (AvgIpc) is 3.06. The van der Waals surface area contributed by atoms with Gasteiger partial charge in [-0.15, -0.1) is 0 Å². The van der Waals surface area contributed by atoms with Gasteiger partial charge in [0.15, 0.2) is 0 Å². The molecule has 1 aromatic rings. The SMILES string of the molecule is O=C(CC1CCCCC1)NCC#Cc1ccc(N2CCNC2=O)cc1. The summed E-state index contributed by atoms with van der Waals surface area (Å²) >= 11 is 0. The number of anilines is 1. The number of carbonyl (C=O) groups excluding carboxylic acids is 2. The van der Waals surface area contributed by atoms with Gasteiger partial charge in [0.25, 0.3) is 0 Å². The van der Waals surface area contributed by atoms with Crippen LogP contribution in [0.25, 0.3) is 0 Å². The zero-order valence-corrected chi connectivity index (χ0v) is 14.5. The van der Waals surface area contributed by atoms with Crippen molar-refractivity contribution in [3.8, 4) is 11.8 Å². The van der Waals surface area contributed by atoms with Gasteiger partial charge in [-0.3, -0.25) is 9.69 Å². The fourth-order valence-corrected chi connectivity index (χ4v) is 3.46. The lowest BCUT2D eigenvalue weighted by Crippen LogP contribution is -2.27. The highest BCUT2D eigenvalue weighted by Gasteiger charge is 2.20.